The Kier molecular flexibility index (Phi) is 5.03. The predicted octanol–water partition coefficient (Wildman–Crippen LogP) is 1.77. The van der Waals surface area contributed by atoms with Crippen LogP contribution in [-0.2, 0) is 19.1 Å². The fraction of sp³-hybridized carbons (Fsp3) is 0.462. The molecule has 0 unspecified atom stereocenters. The monoisotopic (exact) mass is 378 g/mol. The lowest BCUT2D eigenvalue weighted by Gasteiger charge is -2.29. The number of aliphatic carboxylic acids is 1. The van der Waals surface area contributed by atoms with Gasteiger partial charge in [-0.3, -0.25) is 8.98 Å². The molecule has 1 fully saturated rings. The molecular weight excluding hydrogens is 364 g/mol. The number of rotatable bonds is 4. The molecule has 6 nitrogen and oxygen atoms in total. The van der Waals surface area contributed by atoms with Gasteiger partial charge in [-0.25, -0.2) is 0 Å². The molecule has 0 spiro atoms. The van der Waals surface area contributed by atoms with Crippen molar-refractivity contribution in [2.45, 2.75) is 36.4 Å². The fourth-order valence-corrected chi connectivity index (χ4v) is 3.71. The summed E-state index contributed by atoms with van der Waals surface area (Å²) in [5, 5.41) is 18.7. The van der Waals surface area contributed by atoms with Gasteiger partial charge in [0.2, 0.25) is 0 Å². The lowest BCUT2D eigenvalue weighted by atomic mass is 9.85. The third-order valence-corrected chi connectivity index (χ3v) is 5.26. The summed E-state index contributed by atoms with van der Waals surface area (Å²) < 4.78 is 30.1. The minimum Gasteiger partial charge on any atom is -0.481 e. The Morgan fingerprint density at radius 1 is 1.19 bits per heavy atom. The molecule has 8 heteroatoms. The fourth-order valence-electron chi connectivity index (χ4n) is 2.35. The van der Waals surface area contributed by atoms with Gasteiger partial charge >= 0.3 is 5.97 Å². The number of aliphatic hydroxyl groups excluding tert-OH is 1. The SMILES string of the molecule is O=C(O)[C@@H]1C[C@@H](O)C[C@H](OS(=O)(=O)c2ccc(Br)cc2)C1. The normalized spacial score (nSPS) is 26.5. The highest BCUT2D eigenvalue weighted by atomic mass is 79.9. The van der Waals surface area contributed by atoms with E-state index in [1.54, 1.807) is 12.1 Å². The van der Waals surface area contributed by atoms with E-state index in [0.717, 1.165) is 4.47 Å². The molecular formula is C13H15BrO6S. The summed E-state index contributed by atoms with van der Waals surface area (Å²) in [4.78, 5) is 11.0. The van der Waals surface area contributed by atoms with Crippen LogP contribution >= 0.6 is 15.9 Å². The van der Waals surface area contributed by atoms with E-state index in [0.29, 0.717) is 0 Å². The lowest BCUT2D eigenvalue weighted by Crippen LogP contribution is -2.36. The highest BCUT2D eigenvalue weighted by molar-refractivity contribution is 9.10. The van der Waals surface area contributed by atoms with Crippen LogP contribution in [0.1, 0.15) is 19.3 Å². The molecule has 0 radical (unpaired) electrons. The van der Waals surface area contributed by atoms with E-state index in [1.807, 2.05) is 0 Å². The first-order chi connectivity index (χ1) is 9.78. The van der Waals surface area contributed by atoms with Crippen LogP contribution in [0.3, 0.4) is 0 Å². The maximum atomic E-state index is 12.1. The van der Waals surface area contributed by atoms with Gasteiger partial charge in [-0.2, -0.15) is 8.42 Å². The van der Waals surface area contributed by atoms with E-state index in [4.69, 9.17) is 9.29 Å². The molecule has 1 aliphatic rings. The van der Waals surface area contributed by atoms with Crippen LogP contribution < -0.4 is 0 Å². The van der Waals surface area contributed by atoms with Gasteiger partial charge in [-0.05, 0) is 37.1 Å². The van der Waals surface area contributed by atoms with Crippen molar-refractivity contribution in [3.63, 3.8) is 0 Å². The topological polar surface area (TPSA) is 101 Å². The van der Waals surface area contributed by atoms with Crippen molar-refractivity contribution in [2.24, 2.45) is 5.92 Å². The summed E-state index contributed by atoms with van der Waals surface area (Å²) in [7, 11) is -3.97. The second-order valence-electron chi connectivity index (χ2n) is 5.02. The molecule has 0 aliphatic heterocycles. The highest BCUT2D eigenvalue weighted by Gasteiger charge is 2.35. The van der Waals surface area contributed by atoms with Crippen LogP contribution in [0.5, 0.6) is 0 Å². The predicted molar refractivity (Wildman–Crippen MR) is 77.2 cm³/mol. The summed E-state index contributed by atoms with van der Waals surface area (Å²) in [6.07, 6.45) is -1.40. The molecule has 2 rings (SSSR count). The lowest BCUT2D eigenvalue weighted by molar-refractivity contribution is -0.145. The number of halogens is 1. The Morgan fingerprint density at radius 2 is 1.81 bits per heavy atom. The van der Waals surface area contributed by atoms with Crippen molar-refractivity contribution in [1.82, 2.24) is 0 Å². The molecule has 0 bridgehead atoms. The zero-order chi connectivity index (χ0) is 15.6. The van der Waals surface area contributed by atoms with Gasteiger partial charge in [-0.1, -0.05) is 15.9 Å². The average molecular weight is 379 g/mol. The van der Waals surface area contributed by atoms with E-state index in [2.05, 4.69) is 15.9 Å². The maximum Gasteiger partial charge on any atom is 0.306 e. The number of benzene rings is 1. The Balaban J connectivity index is 2.12. The summed E-state index contributed by atoms with van der Waals surface area (Å²) in [5.74, 6) is -1.85. The molecule has 2 N–H and O–H groups in total. The maximum absolute atomic E-state index is 12.1. The van der Waals surface area contributed by atoms with Crippen LogP contribution in [0.2, 0.25) is 0 Å². The highest BCUT2D eigenvalue weighted by Crippen LogP contribution is 2.29. The Bertz CT molecular complexity index is 612. The van der Waals surface area contributed by atoms with Crippen molar-refractivity contribution < 1.29 is 27.6 Å². The summed E-state index contributed by atoms with van der Waals surface area (Å²) in [6.45, 7) is 0. The molecule has 116 valence electrons. The molecule has 1 aromatic carbocycles. The third kappa shape index (κ3) is 4.26. The molecule has 1 aliphatic carbocycles. The number of hydrogen-bond donors (Lipinski definition) is 2. The Labute approximate surface area is 131 Å². The van der Waals surface area contributed by atoms with E-state index >= 15 is 0 Å². The Hall–Kier alpha value is -0.960. The first kappa shape index (κ1) is 16.4. The number of carboxylic acid groups (broad SMARTS) is 1. The van der Waals surface area contributed by atoms with Crippen LogP contribution in [0, 0.1) is 5.92 Å². The zero-order valence-corrected chi connectivity index (χ0v) is 13.4. The van der Waals surface area contributed by atoms with Crippen LogP contribution in [0.4, 0.5) is 0 Å². The minimum atomic E-state index is -3.97. The van der Waals surface area contributed by atoms with Crippen LogP contribution in [-0.4, -0.2) is 36.8 Å². The molecule has 0 amide bonds. The zero-order valence-electron chi connectivity index (χ0n) is 11.0. The number of hydrogen-bond acceptors (Lipinski definition) is 5. The van der Waals surface area contributed by atoms with Gasteiger partial charge < -0.3 is 10.2 Å². The molecule has 0 saturated heterocycles. The van der Waals surface area contributed by atoms with Crippen molar-refractivity contribution in [2.75, 3.05) is 0 Å². The van der Waals surface area contributed by atoms with Crippen molar-refractivity contribution in [3.8, 4) is 0 Å². The molecule has 1 saturated carbocycles. The second-order valence-corrected chi connectivity index (χ2v) is 7.51. The van der Waals surface area contributed by atoms with Gasteiger partial charge in [0.25, 0.3) is 10.1 Å². The van der Waals surface area contributed by atoms with E-state index in [1.165, 1.54) is 12.1 Å². The average Bonchev–Trinajstić information content (AvgIpc) is 2.37. The summed E-state index contributed by atoms with van der Waals surface area (Å²) in [6, 6.07) is 5.94. The molecule has 0 heterocycles. The van der Waals surface area contributed by atoms with Gasteiger partial charge in [-0.15, -0.1) is 0 Å². The number of aliphatic hydroxyl groups is 1. The molecule has 1 aromatic rings. The third-order valence-electron chi connectivity index (χ3n) is 3.35. The first-order valence-corrected chi connectivity index (χ1v) is 8.58. The minimum absolute atomic E-state index is 0.00219. The largest absolute Gasteiger partial charge is 0.481 e. The van der Waals surface area contributed by atoms with Crippen LogP contribution in [0.25, 0.3) is 0 Å². The standard InChI is InChI=1S/C13H15BrO6S/c14-9-1-3-12(4-2-9)21(18,19)20-11-6-8(13(16)17)5-10(15)7-11/h1-4,8,10-11,15H,5-7H2,(H,16,17)/t8-,10-,11-/m1/s1. The van der Waals surface area contributed by atoms with Crippen molar-refractivity contribution in [1.29, 1.82) is 0 Å². The first-order valence-electron chi connectivity index (χ1n) is 6.37. The summed E-state index contributed by atoms with van der Waals surface area (Å²) in [5.41, 5.74) is 0. The van der Waals surface area contributed by atoms with Gasteiger partial charge in [0.15, 0.2) is 0 Å². The van der Waals surface area contributed by atoms with Gasteiger partial charge in [0.1, 0.15) is 0 Å². The van der Waals surface area contributed by atoms with Crippen molar-refractivity contribution >= 4 is 32.0 Å². The van der Waals surface area contributed by atoms with E-state index in [-0.39, 0.29) is 24.2 Å². The second kappa shape index (κ2) is 6.43. The summed E-state index contributed by atoms with van der Waals surface area (Å²) >= 11 is 3.21. The van der Waals surface area contributed by atoms with Crippen molar-refractivity contribution in [3.05, 3.63) is 28.7 Å². The molecule has 3 atom stereocenters. The smallest absolute Gasteiger partial charge is 0.306 e. The number of carboxylic acids is 1. The van der Waals surface area contributed by atoms with Gasteiger partial charge in [0.05, 0.1) is 23.0 Å². The molecule has 0 aromatic heterocycles. The quantitative estimate of drug-likeness (QED) is 0.774. The molecule has 21 heavy (non-hydrogen) atoms. The Morgan fingerprint density at radius 3 is 2.38 bits per heavy atom. The van der Waals surface area contributed by atoms with Gasteiger partial charge in [0, 0.05) is 10.9 Å². The van der Waals surface area contributed by atoms with E-state index in [9.17, 15) is 18.3 Å². The number of carbonyl (C=O) groups is 1. The van der Waals surface area contributed by atoms with Crippen LogP contribution in [0.15, 0.2) is 33.6 Å². The van der Waals surface area contributed by atoms with E-state index < -0.39 is 34.2 Å².